The maximum Gasteiger partial charge on any atom is 0.127 e. The van der Waals surface area contributed by atoms with Crippen LogP contribution in [-0.4, -0.2) is 25.4 Å². The highest BCUT2D eigenvalue weighted by Crippen LogP contribution is 2.34. The number of epoxide rings is 1. The SMILES string of the molecule is CC(C)Oc1ccc(OCC2CO2)c2ccccc12. The van der Waals surface area contributed by atoms with Gasteiger partial charge < -0.3 is 14.2 Å². The third kappa shape index (κ3) is 2.82. The highest BCUT2D eigenvalue weighted by Gasteiger charge is 2.23. The maximum absolute atomic E-state index is 5.84. The monoisotopic (exact) mass is 258 g/mol. The first-order valence-corrected chi connectivity index (χ1v) is 6.67. The number of ether oxygens (including phenoxy) is 3. The molecule has 2 aromatic rings. The molecule has 0 bridgehead atoms. The van der Waals surface area contributed by atoms with Gasteiger partial charge in [0.05, 0.1) is 12.7 Å². The summed E-state index contributed by atoms with van der Waals surface area (Å²) in [6.07, 6.45) is 0.431. The minimum Gasteiger partial charge on any atom is -0.490 e. The Morgan fingerprint density at radius 1 is 1.11 bits per heavy atom. The lowest BCUT2D eigenvalue weighted by Crippen LogP contribution is -2.07. The largest absolute Gasteiger partial charge is 0.490 e. The van der Waals surface area contributed by atoms with Gasteiger partial charge >= 0.3 is 0 Å². The van der Waals surface area contributed by atoms with Crippen molar-refractivity contribution in [2.75, 3.05) is 13.2 Å². The minimum atomic E-state index is 0.162. The molecule has 19 heavy (non-hydrogen) atoms. The number of rotatable bonds is 5. The third-order valence-electron chi connectivity index (χ3n) is 3.03. The van der Waals surface area contributed by atoms with E-state index in [2.05, 4.69) is 12.1 Å². The van der Waals surface area contributed by atoms with Gasteiger partial charge in [0.2, 0.25) is 0 Å². The number of hydrogen-bond donors (Lipinski definition) is 0. The van der Waals surface area contributed by atoms with E-state index in [1.54, 1.807) is 0 Å². The zero-order valence-corrected chi connectivity index (χ0v) is 11.3. The molecule has 1 atom stereocenters. The van der Waals surface area contributed by atoms with Crippen LogP contribution in [0.5, 0.6) is 11.5 Å². The molecule has 0 N–H and O–H groups in total. The fraction of sp³-hybridized carbons (Fsp3) is 0.375. The molecule has 1 unspecified atom stereocenters. The van der Waals surface area contributed by atoms with Gasteiger partial charge in [-0.25, -0.2) is 0 Å². The molecule has 0 aliphatic carbocycles. The van der Waals surface area contributed by atoms with E-state index in [9.17, 15) is 0 Å². The van der Waals surface area contributed by atoms with Crippen LogP contribution in [0.15, 0.2) is 36.4 Å². The Bertz CT molecular complexity index is 573. The van der Waals surface area contributed by atoms with Crippen LogP contribution in [0.2, 0.25) is 0 Å². The molecular formula is C16H18O3. The molecule has 0 spiro atoms. The Morgan fingerprint density at radius 3 is 2.37 bits per heavy atom. The Balaban J connectivity index is 1.94. The van der Waals surface area contributed by atoms with Crippen molar-refractivity contribution < 1.29 is 14.2 Å². The van der Waals surface area contributed by atoms with Crippen LogP contribution in [0.4, 0.5) is 0 Å². The van der Waals surface area contributed by atoms with Gasteiger partial charge in [0, 0.05) is 10.8 Å². The summed E-state index contributed by atoms with van der Waals surface area (Å²) in [6.45, 7) is 5.49. The van der Waals surface area contributed by atoms with Crippen LogP contribution in [0.3, 0.4) is 0 Å². The molecule has 1 aliphatic rings. The van der Waals surface area contributed by atoms with Gasteiger partial charge in [0.15, 0.2) is 0 Å². The third-order valence-corrected chi connectivity index (χ3v) is 3.03. The van der Waals surface area contributed by atoms with E-state index < -0.39 is 0 Å². The highest BCUT2D eigenvalue weighted by atomic mass is 16.6. The summed E-state index contributed by atoms with van der Waals surface area (Å²) in [6, 6.07) is 12.1. The Hall–Kier alpha value is -1.74. The predicted molar refractivity (Wildman–Crippen MR) is 74.9 cm³/mol. The zero-order chi connectivity index (χ0) is 13.2. The average molecular weight is 258 g/mol. The second kappa shape index (κ2) is 5.10. The van der Waals surface area contributed by atoms with Crippen LogP contribution in [-0.2, 0) is 4.74 Å². The Kier molecular flexibility index (Phi) is 3.30. The van der Waals surface area contributed by atoms with E-state index in [1.165, 1.54) is 0 Å². The molecule has 0 saturated carbocycles. The topological polar surface area (TPSA) is 31.0 Å². The van der Waals surface area contributed by atoms with Crippen molar-refractivity contribution in [1.29, 1.82) is 0 Å². The molecule has 1 fully saturated rings. The standard InChI is InChI=1S/C16H18O3/c1-11(2)19-16-8-7-15(18-10-12-9-17-12)13-5-3-4-6-14(13)16/h3-8,11-12H,9-10H2,1-2H3. The van der Waals surface area contributed by atoms with Gasteiger partial charge in [-0.05, 0) is 26.0 Å². The first-order valence-electron chi connectivity index (χ1n) is 6.67. The van der Waals surface area contributed by atoms with Crippen LogP contribution >= 0.6 is 0 Å². The summed E-state index contributed by atoms with van der Waals surface area (Å²) in [5.41, 5.74) is 0. The number of hydrogen-bond acceptors (Lipinski definition) is 3. The molecule has 3 rings (SSSR count). The van der Waals surface area contributed by atoms with E-state index in [-0.39, 0.29) is 12.2 Å². The second-order valence-electron chi connectivity index (χ2n) is 5.04. The first-order chi connectivity index (χ1) is 9.24. The van der Waals surface area contributed by atoms with Gasteiger partial charge in [0.25, 0.3) is 0 Å². The Morgan fingerprint density at radius 2 is 1.74 bits per heavy atom. The summed E-state index contributed by atoms with van der Waals surface area (Å²) in [5.74, 6) is 1.79. The molecule has 1 heterocycles. The molecule has 100 valence electrons. The molecule has 1 saturated heterocycles. The van der Waals surface area contributed by atoms with E-state index in [0.717, 1.165) is 28.9 Å². The zero-order valence-electron chi connectivity index (χ0n) is 11.3. The van der Waals surface area contributed by atoms with Crippen molar-refractivity contribution in [2.45, 2.75) is 26.1 Å². The van der Waals surface area contributed by atoms with Crippen LogP contribution < -0.4 is 9.47 Å². The lowest BCUT2D eigenvalue weighted by Gasteiger charge is -2.15. The van der Waals surface area contributed by atoms with Gasteiger partial charge in [-0.1, -0.05) is 24.3 Å². The summed E-state index contributed by atoms with van der Waals surface area (Å²) in [7, 11) is 0. The van der Waals surface area contributed by atoms with Gasteiger partial charge in [0.1, 0.15) is 24.2 Å². The van der Waals surface area contributed by atoms with Crippen molar-refractivity contribution in [3.05, 3.63) is 36.4 Å². The fourth-order valence-corrected chi connectivity index (χ4v) is 2.07. The van der Waals surface area contributed by atoms with Crippen molar-refractivity contribution in [2.24, 2.45) is 0 Å². The lowest BCUT2D eigenvalue weighted by molar-refractivity contribution is 0.244. The molecule has 3 heteroatoms. The maximum atomic E-state index is 5.84. The molecule has 1 aliphatic heterocycles. The molecule has 0 aromatic heterocycles. The first kappa shape index (κ1) is 12.3. The molecule has 0 amide bonds. The van der Waals surface area contributed by atoms with Crippen LogP contribution in [0, 0.1) is 0 Å². The van der Waals surface area contributed by atoms with Gasteiger partial charge in [-0.3, -0.25) is 0 Å². The van der Waals surface area contributed by atoms with E-state index >= 15 is 0 Å². The Labute approximate surface area is 113 Å². The minimum absolute atomic E-state index is 0.162. The van der Waals surface area contributed by atoms with Crippen LogP contribution in [0.1, 0.15) is 13.8 Å². The lowest BCUT2D eigenvalue weighted by atomic mass is 10.1. The summed E-state index contributed by atoms with van der Waals surface area (Å²) in [4.78, 5) is 0. The molecule has 2 aromatic carbocycles. The summed E-state index contributed by atoms with van der Waals surface area (Å²) in [5, 5.41) is 2.17. The predicted octanol–water partition coefficient (Wildman–Crippen LogP) is 3.40. The van der Waals surface area contributed by atoms with Crippen molar-refractivity contribution in [3.63, 3.8) is 0 Å². The van der Waals surface area contributed by atoms with Gasteiger partial charge in [-0.2, -0.15) is 0 Å². The van der Waals surface area contributed by atoms with E-state index in [1.807, 2.05) is 38.1 Å². The fourth-order valence-electron chi connectivity index (χ4n) is 2.07. The van der Waals surface area contributed by atoms with Gasteiger partial charge in [-0.15, -0.1) is 0 Å². The average Bonchev–Trinajstić information content (AvgIpc) is 3.21. The normalized spacial score (nSPS) is 17.7. The smallest absolute Gasteiger partial charge is 0.127 e. The van der Waals surface area contributed by atoms with E-state index in [0.29, 0.717) is 6.61 Å². The number of benzene rings is 2. The summed E-state index contributed by atoms with van der Waals surface area (Å²) < 4.78 is 16.8. The van der Waals surface area contributed by atoms with Crippen LogP contribution in [0.25, 0.3) is 10.8 Å². The molecule has 0 radical (unpaired) electrons. The highest BCUT2D eigenvalue weighted by molar-refractivity contribution is 5.93. The molecular weight excluding hydrogens is 240 g/mol. The number of fused-ring (bicyclic) bond motifs is 1. The molecule has 3 nitrogen and oxygen atoms in total. The quantitative estimate of drug-likeness (QED) is 0.770. The van der Waals surface area contributed by atoms with Crippen molar-refractivity contribution in [1.82, 2.24) is 0 Å². The van der Waals surface area contributed by atoms with Crippen molar-refractivity contribution in [3.8, 4) is 11.5 Å². The summed E-state index contributed by atoms with van der Waals surface area (Å²) >= 11 is 0. The second-order valence-corrected chi connectivity index (χ2v) is 5.04. The van der Waals surface area contributed by atoms with E-state index in [4.69, 9.17) is 14.2 Å². The van der Waals surface area contributed by atoms with Crippen molar-refractivity contribution >= 4 is 10.8 Å².